The number of nitrogens with zero attached hydrogens (tertiary/aromatic N) is 1. The molecule has 0 bridgehead atoms. The first-order valence-electron chi connectivity index (χ1n) is 2.77. The van der Waals surface area contributed by atoms with Gasteiger partial charge in [0.15, 0.2) is 0 Å². The van der Waals surface area contributed by atoms with Crippen molar-refractivity contribution in [1.29, 1.82) is 0 Å². The first-order valence-corrected chi connectivity index (χ1v) is 2.77. The van der Waals surface area contributed by atoms with Crippen molar-refractivity contribution in [3.8, 4) is 0 Å². The molecule has 1 aliphatic heterocycles. The number of nitrogens with one attached hydrogen (secondary N) is 1. The van der Waals surface area contributed by atoms with Crippen LogP contribution in [0.4, 0.5) is 0 Å². The van der Waals surface area contributed by atoms with Crippen LogP contribution in [0.25, 0.3) is 0 Å². The normalized spacial score (nSPS) is 34.6. The predicted molar refractivity (Wildman–Crippen MR) is 31.6 cm³/mol. The largest absolute Gasteiger partial charge is 0.366 e. The van der Waals surface area contributed by atoms with Crippen molar-refractivity contribution in [2.45, 2.75) is 5.72 Å². The third-order valence-corrected chi connectivity index (χ3v) is 1.58. The first-order chi connectivity index (χ1) is 4.10. The fourth-order valence-corrected chi connectivity index (χ4v) is 0.893. The molecule has 1 unspecified atom stereocenters. The van der Waals surface area contributed by atoms with Crippen molar-refractivity contribution < 1.29 is 9.90 Å². The Morgan fingerprint density at radius 2 is 2.44 bits per heavy atom. The number of hydrogen-bond acceptors (Lipinski definition) is 3. The molecule has 1 atom stereocenters. The Bertz CT molecular complexity index is 148. The van der Waals surface area contributed by atoms with Gasteiger partial charge in [-0.3, -0.25) is 10.1 Å². The van der Waals surface area contributed by atoms with E-state index in [4.69, 9.17) is 5.11 Å². The summed E-state index contributed by atoms with van der Waals surface area (Å²) in [6.45, 7) is 0.377. The third-order valence-electron chi connectivity index (χ3n) is 1.58. The maximum atomic E-state index is 10.7. The van der Waals surface area contributed by atoms with Crippen LogP contribution < -0.4 is 5.32 Å². The molecule has 1 fully saturated rings. The summed E-state index contributed by atoms with van der Waals surface area (Å²) in [5.41, 5.74) is -1.27. The fourth-order valence-electron chi connectivity index (χ4n) is 0.893. The van der Waals surface area contributed by atoms with E-state index in [0.717, 1.165) is 0 Å². The number of likely N-dealkylation sites (N-methyl/N-ethyl adjacent to an activating group) is 2. The summed E-state index contributed by atoms with van der Waals surface area (Å²) in [5.74, 6) is -0.259. The fraction of sp³-hybridized carbons (Fsp3) is 0.800. The third kappa shape index (κ3) is 0.710. The van der Waals surface area contributed by atoms with Gasteiger partial charge >= 0.3 is 0 Å². The summed E-state index contributed by atoms with van der Waals surface area (Å²) < 4.78 is 0. The van der Waals surface area contributed by atoms with Gasteiger partial charge in [0.2, 0.25) is 5.72 Å². The molecule has 1 rings (SSSR count). The molecule has 9 heavy (non-hydrogen) atoms. The van der Waals surface area contributed by atoms with E-state index in [0.29, 0.717) is 6.54 Å². The quantitative estimate of drug-likeness (QED) is 0.331. The molecule has 1 aliphatic rings. The smallest absolute Gasteiger partial charge is 0.271 e. The number of hydrogen-bond donors (Lipinski definition) is 2. The van der Waals surface area contributed by atoms with Crippen LogP contribution in [-0.2, 0) is 4.79 Å². The SMILES string of the molecule is CNC1(O)CN(C)C1=O. The maximum absolute atomic E-state index is 10.7. The standard InChI is InChI=1S/C5H10N2O2/c1-6-5(9)3-7(2)4(5)8/h6,9H,3H2,1-2H3. The van der Waals surface area contributed by atoms with Gasteiger partial charge in [-0.15, -0.1) is 0 Å². The molecule has 0 saturated carbocycles. The average molecular weight is 130 g/mol. The second-order valence-corrected chi connectivity index (χ2v) is 2.27. The van der Waals surface area contributed by atoms with Gasteiger partial charge < -0.3 is 10.0 Å². The van der Waals surface area contributed by atoms with Crippen molar-refractivity contribution >= 4 is 5.91 Å². The van der Waals surface area contributed by atoms with Gasteiger partial charge in [0.05, 0.1) is 6.54 Å². The predicted octanol–water partition coefficient (Wildman–Crippen LogP) is -1.63. The van der Waals surface area contributed by atoms with Crippen LogP contribution in [0.2, 0.25) is 0 Å². The minimum atomic E-state index is -1.27. The zero-order chi connectivity index (χ0) is 7.07. The van der Waals surface area contributed by atoms with E-state index in [1.807, 2.05) is 0 Å². The Morgan fingerprint density at radius 3 is 2.56 bits per heavy atom. The molecule has 52 valence electrons. The van der Waals surface area contributed by atoms with Crippen molar-refractivity contribution in [1.82, 2.24) is 10.2 Å². The highest BCUT2D eigenvalue weighted by molar-refractivity contribution is 5.90. The topological polar surface area (TPSA) is 52.6 Å². The van der Waals surface area contributed by atoms with Gasteiger partial charge in [0, 0.05) is 7.05 Å². The molecule has 0 aliphatic carbocycles. The highest BCUT2D eigenvalue weighted by atomic mass is 16.3. The Labute approximate surface area is 53.5 Å². The van der Waals surface area contributed by atoms with Crippen molar-refractivity contribution in [3.63, 3.8) is 0 Å². The van der Waals surface area contributed by atoms with Gasteiger partial charge in [-0.2, -0.15) is 0 Å². The van der Waals surface area contributed by atoms with Gasteiger partial charge in [0.25, 0.3) is 5.91 Å². The van der Waals surface area contributed by atoms with Crippen LogP contribution in [0.5, 0.6) is 0 Å². The van der Waals surface area contributed by atoms with Crippen LogP contribution >= 0.6 is 0 Å². The lowest BCUT2D eigenvalue weighted by atomic mass is 10.1. The molecule has 0 aromatic rings. The van der Waals surface area contributed by atoms with Crippen LogP contribution in [-0.4, -0.2) is 42.3 Å². The monoisotopic (exact) mass is 130 g/mol. The molecule has 0 aromatic heterocycles. The van der Waals surface area contributed by atoms with Gasteiger partial charge in [-0.25, -0.2) is 0 Å². The Balaban J connectivity index is 2.59. The lowest BCUT2D eigenvalue weighted by Gasteiger charge is -2.42. The number of amides is 1. The zero-order valence-electron chi connectivity index (χ0n) is 5.51. The summed E-state index contributed by atoms with van der Waals surface area (Å²) in [4.78, 5) is 12.2. The minimum Gasteiger partial charge on any atom is -0.366 e. The van der Waals surface area contributed by atoms with Crippen LogP contribution in [0, 0.1) is 0 Å². The number of carbonyl (C=O) groups is 1. The van der Waals surface area contributed by atoms with E-state index in [9.17, 15) is 4.79 Å². The van der Waals surface area contributed by atoms with E-state index in [1.54, 1.807) is 14.1 Å². The number of rotatable bonds is 1. The summed E-state index contributed by atoms with van der Waals surface area (Å²) in [5, 5.41) is 11.7. The maximum Gasteiger partial charge on any atom is 0.271 e. The van der Waals surface area contributed by atoms with Crippen LogP contribution in [0.1, 0.15) is 0 Å². The molecule has 4 nitrogen and oxygen atoms in total. The minimum absolute atomic E-state index is 0.259. The molecule has 0 aromatic carbocycles. The molecule has 0 spiro atoms. The van der Waals surface area contributed by atoms with E-state index in [-0.39, 0.29) is 5.91 Å². The summed E-state index contributed by atoms with van der Waals surface area (Å²) in [7, 11) is 3.21. The summed E-state index contributed by atoms with van der Waals surface area (Å²) in [6, 6.07) is 0. The van der Waals surface area contributed by atoms with E-state index in [1.165, 1.54) is 4.90 Å². The van der Waals surface area contributed by atoms with Crippen LogP contribution in [0.3, 0.4) is 0 Å². The molecular formula is C5H10N2O2. The summed E-state index contributed by atoms with van der Waals surface area (Å²) in [6.07, 6.45) is 0. The molecule has 0 radical (unpaired) electrons. The van der Waals surface area contributed by atoms with E-state index < -0.39 is 5.72 Å². The Hall–Kier alpha value is -0.610. The van der Waals surface area contributed by atoms with E-state index >= 15 is 0 Å². The number of β-amino-alcohol motifs (C(OH)–C–C–N with tert-alkyl or cyclic N) is 1. The van der Waals surface area contributed by atoms with Crippen molar-refractivity contribution in [2.24, 2.45) is 0 Å². The van der Waals surface area contributed by atoms with E-state index in [2.05, 4.69) is 5.32 Å². The zero-order valence-corrected chi connectivity index (χ0v) is 5.51. The molecule has 1 amide bonds. The second-order valence-electron chi connectivity index (χ2n) is 2.27. The second kappa shape index (κ2) is 1.68. The molecule has 4 heteroatoms. The first kappa shape index (κ1) is 6.51. The molecule has 1 saturated heterocycles. The summed E-state index contributed by atoms with van der Waals surface area (Å²) >= 11 is 0. The van der Waals surface area contributed by atoms with Gasteiger partial charge in [-0.1, -0.05) is 0 Å². The number of aliphatic hydroxyl groups is 1. The van der Waals surface area contributed by atoms with Crippen molar-refractivity contribution in [3.05, 3.63) is 0 Å². The number of carbonyl (C=O) groups excluding carboxylic acids is 1. The lowest BCUT2D eigenvalue weighted by molar-refractivity contribution is -0.177. The highest BCUT2D eigenvalue weighted by Gasteiger charge is 2.47. The molecular weight excluding hydrogens is 120 g/mol. The number of likely N-dealkylation sites (tertiary alicyclic amines) is 1. The van der Waals surface area contributed by atoms with Gasteiger partial charge in [-0.05, 0) is 7.05 Å². The van der Waals surface area contributed by atoms with Gasteiger partial charge in [0.1, 0.15) is 0 Å². The lowest BCUT2D eigenvalue weighted by Crippen LogP contribution is -2.71. The highest BCUT2D eigenvalue weighted by Crippen LogP contribution is 2.15. The Kier molecular flexibility index (Phi) is 1.22. The average Bonchev–Trinajstić information content (AvgIpc) is 1.87. The molecule has 1 heterocycles. The van der Waals surface area contributed by atoms with Crippen molar-refractivity contribution in [2.75, 3.05) is 20.6 Å². The Morgan fingerprint density at radius 1 is 1.89 bits per heavy atom. The molecule has 2 N–H and O–H groups in total. The van der Waals surface area contributed by atoms with Crippen LogP contribution in [0.15, 0.2) is 0 Å². The number of β-lactam (4-membered cyclic amide) rings is 1.